The zero-order chi connectivity index (χ0) is 10.7. The molecule has 0 aromatic heterocycles. The smallest absolute Gasteiger partial charge is 0.0740 e. The standard InChI is InChI=1S/C13H18N2/c1-10(15-11-6-2-3-7-11)12-8-4-5-9-13(12)14/h4-5,8-10H,2-3,6-7,14H2,1H3. The Balaban J connectivity index is 2.17. The van der Waals surface area contributed by atoms with Crippen LogP contribution in [0, 0.1) is 0 Å². The predicted octanol–water partition coefficient (Wildman–Crippen LogP) is 3.34. The Labute approximate surface area is 91.2 Å². The van der Waals surface area contributed by atoms with E-state index < -0.39 is 0 Å². The van der Waals surface area contributed by atoms with E-state index in [2.05, 4.69) is 13.0 Å². The second-order valence-electron chi connectivity index (χ2n) is 4.21. The zero-order valence-corrected chi connectivity index (χ0v) is 9.24. The van der Waals surface area contributed by atoms with Crippen LogP contribution in [0.2, 0.25) is 0 Å². The van der Waals surface area contributed by atoms with Gasteiger partial charge in [0.15, 0.2) is 0 Å². The molecule has 1 saturated carbocycles. The quantitative estimate of drug-likeness (QED) is 0.734. The molecule has 1 unspecified atom stereocenters. The first kappa shape index (κ1) is 10.2. The number of anilines is 1. The second kappa shape index (κ2) is 4.47. The summed E-state index contributed by atoms with van der Waals surface area (Å²) in [6, 6.07) is 8.21. The lowest BCUT2D eigenvalue weighted by atomic mass is 10.1. The van der Waals surface area contributed by atoms with Crippen LogP contribution in [0.4, 0.5) is 5.69 Å². The average Bonchev–Trinajstić information content (AvgIpc) is 2.71. The maximum Gasteiger partial charge on any atom is 0.0740 e. The van der Waals surface area contributed by atoms with Gasteiger partial charge in [0.1, 0.15) is 0 Å². The van der Waals surface area contributed by atoms with E-state index in [1.165, 1.54) is 31.4 Å². The molecule has 0 amide bonds. The molecule has 2 N–H and O–H groups in total. The van der Waals surface area contributed by atoms with Crippen molar-refractivity contribution >= 4 is 11.4 Å². The van der Waals surface area contributed by atoms with Crippen molar-refractivity contribution in [1.29, 1.82) is 0 Å². The summed E-state index contributed by atoms with van der Waals surface area (Å²) in [5.41, 5.74) is 9.30. The minimum atomic E-state index is 0.208. The highest BCUT2D eigenvalue weighted by molar-refractivity contribution is 5.86. The number of aliphatic imine (C=N–C) groups is 1. The van der Waals surface area contributed by atoms with Gasteiger partial charge in [-0.25, -0.2) is 0 Å². The lowest BCUT2D eigenvalue weighted by molar-refractivity contribution is 0.816. The highest BCUT2D eigenvalue weighted by Gasteiger charge is 2.12. The van der Waals surface area contributed by atoms with E-state index >= 15 is 0 Å². The number of nitrogens with two attached hydrogens (primary N) is 1. The molecule has 80 valence electrons. The van der Waals surface area contributed by atoms with E-state index in [0.29, 0.717) is 0 Å². The van der Waals surface area contributed by atoms with Crippen LogP contribution in [0.3, 0.4) is 0 Å². The number of nitrogens with zero attached hydrogens (tertiary/aromatic N) is 1. The lowest BCUT2D eigenvalue weighted by Gasteiger charge is -2.10. The largest absolute Gasteiger partial charge is 0.398 e. The molecule has 0 heterocycles. The van der Waals surface area contributed by atoms with Crippen LogP contribution in [-0.2, 0) is 0 Å². The van der Waals surface area contributed by atoms with Crippen molar-refractivity contribution in [2.75, 3.05) is 5.73 Å². The molecule has 1 fully saturated rings. The van der Waals surface area contributed by atoms with Crippen molar-refractivity contribution in [2.45, 2.75) is 38.6 Å². The molecule has 1 aliphatic rings. The molecule has 1 atom stereocenters. The Morgan fingerprint density at radius 3 is 2.53 bits per heavy atom. The van der Waals surface area contributed by atoms with Gasteiger partial charge in [-0.1, -0.05) is 18.2 Å². The highest BCUT2D eigenvalue weighted by atomic mass is 14.8. The van der Waals surface area contributed by atoms with E-state index in [1.807, 2.05) is 18.2 Å². The highest BCUT2D eigenvalue weighted by Crippen LogP contribution is 2.25. The molecule has 0 radical (unpaired) electrons. The molecule has 0 bridgehead atoms. The van der Waals surface area contributed by atoms with Gasteiger partial charge < -0.3 is 5.73 Å². The van der Waals surface area contributed by atoms with Crippen molar-refractivity contribution in [3.63, 3.8) is 0 Å². The van der Waals surface area contributed by atoms with Gasteiger partial charge in [0.2, 0.25) is 0 Å². The van der Waals surface area contributed by atoms with Gasteiger partial charge in [0.05, 0.1) is 6.04 Å². The van der Waals surface area contributed by atoms with E-state index in [1.54, 1.807) is 0 Å². The first-order valence-electron chi connectivity index (χ1n) is 5.67. The van der Waals surface area contributed by atoms with E-state index in [4.69, 9.17) is 10.7 Å². The van der Waals surface area contributed by atoms with Gasteiger partial charge in [0.25, 0.3) is 0 Å². The lowest BCUT2D eigenvalue weighted by Crippen LogP contribution is -2.00. The monoisotopic (exact) mass is 202 g/mol. The van der Waals surface area contributed by atoms with Crippen LogP contribution in [0.25, 0.3) is 0 Å². The molecule has 1 aromatic carbocycles. The third kappa shape index (κ3) is 2.38. The van der Waals surface area contributed by atoms with Crippen LogP contribution >= 0.6 is 0 Å². The molecule has 2 heteroatoms. The van der Waals surface area contributed by atoms with Crippen molar-refractivity contribution < 1.29 is 0 Å². The van der Waals surface area contributed by atoms with Crippen molar-refractivity contribution in [3.8, 4) is 0 Å². The molecule has 2 nitrogen and oxygen atoms in total. The Kier molecular flexibility index (Phi) is 3.05. The van der Waals surface area contributed by atoms with Gasteiger partial charge in [-0.05, 0) is 44.2 Å². The molecule has 15 heavy (non-hydrogen) atoms. The SMILES string of the molecule is CC(N=C1CCCC1)c1ccccc1N. The molecular formula is C13H18N2. The summed E-state index contributed by atoms with van der Waals surface area (Å²) in [6.07, 6.45) is 4.96. The molecule has 0 saturated heterocycles. The Hall–Kier alpha value is -1.31. The first-order valence-corrected chi connectivity index (χ1v) is 5.67. The van der Waals surface area contributed by atoms with E-state index in [9.17, 15) is 0 Å². The summed E-state index contributed by atoms with van der Waals surface area (Å²) < 4.78 is 0. The fraction of sp³-hybridized carbons (Fsp3) is 0.462. The van der Waals surface area contributed by atoms with Crippen LogP contribution in [0.5, 0.6) is 0 Å². The number of rotatable bonds is 2. The van der Waals surface area contributed by atoms with Gasteiger partial charge in [0, 0.05) is 11.4 Å². The topological polar surface area (TPSA) is 38.4 Å². The number of nitrogen functional groups attached to an aromatic ring is 1. The maximum absolute atomic E-state index is 5.93. The normalized spacial score (nSPS) is 17.8. The van der Waals surface area contributed by atoms with Gasteiger partial charge >= 0.3 is 0 Å². The number of para-hydroxylation sites is 1. The summed E-state index contributed by atoms with van der Waals surface area (Å²) in [5, 5.41) is 0. The van der Waals surface area contributed by atoms with Crippen molar-refractivity contribution in [1.82, 2.24) is 0 Å². The molecule has 0 spiro atoms. The summed E-state index contributed by atoms with van der Waals surface area (Å²) >= 11 is 0. The number of hydrogen-bond acceptors (Lipinski definition) is 2. The fourth-order valence-corrected chi connectivity index (χ4v) is 2.15. The zero-order valence-electron chi connectivity index (χ0n) is 9.24. The minimum Gasteiger partial charge on any atom is -0.398 e. The van der Waals surface area contributed by atoms with Crippen LogP contribution in [-0.4, -0.2) is 5.71 Å². The molecule has 0 aliphatic heterocycles. The van der Waals surface area contributed by atoms with Crippen LogP contribution in [0.1, 0.15) is 44.2 Å². The summed E-state index contributed by atoms with van der Waals surface area (Å²) in [6.45, 7) is 2.12. The van der Waals surface area contributed by atoms with Crippen LogP contribution < -0.4 is 5.73 Å². The fourth-order valence-electron chi connectivity index (χ4n) is 2.15. The second-order valence-corrected chi connectivity index (χ2v) is 4.21. The minimum absolute atomic E-state index is 0.208. The summed E-state index contributed by atoms with van der Waals surface area (Å²) in [7, 11) is 0. The average molecular weight is 202 g/mol. The summed E-state index contributed by atoms with van der Waals surface area (Å²) in [4.78, 5) is 4.74. The summed E-state index contributed by atoms with van der Waals surface area (Å²) in [5.74, 6) is 0. The number of hydrogen-bond donors (Lipinski definition) is 1. The predicted molar refractivity (Wildman–Crippen MR) is 65.2 cm³/mol. The van der Waals surface area contributed by atoms with Crippen molar-refractivity contribution in [2.24, 2.45) is 4.99 Å². The van der Waals surface area contributed by atoms with E-state index in [0.717, 1.165) is 11.3 Å². The van der Waals surface area contributed by atoms with E-state index in [-0.39, 0.29) is 6.04 Å². The van der Waals surface area contributed by atoms with Gasteiger partial charge in [-0.2, -0.15) is 0 Å². The number of benzene rings is 1. The van der Waals surface area contributed by atoms with Gasteiger partial charge in [-0.3, -0.25) is 4.99 Å². The Morgan fingerprint density at radius 1 is 1.20 bits per heavy atom. The third-order valence-corrected chi connectivity index (χ3v) is 3.00. The molecule has 1 aliphatic carbocycles. The first-order chi connectivity index (χ1) is 7.27. The molecule has 1 aromatic rings. The third-order valence-electron chi connectivity index (χ3n) is 3.00. The Morgan fingerprint density at radius 2 is 1.87 bits per heavy atom. The van der Waals surface area contributed by atoms with Gasteiger partial charge in [-0.15, -0.1) is 0 Å². The molecular weight excluding hydrogens is 184 g/mol. The van der Waals surface area contributed by atoms with Crippen molar-refractivity contribution in [3.05, 3.63) is 29.8 Å². The van der Waals surface area contributed by atoms with Crippen LogP contribution in [0.15, 0.2) is 29.3 Å². The Bertz CT molecular complexity index is 361. The maximum atomic E-state index is 5.93. The molecule has 2 rings (SSSR count).